The molecule has 21 heavy (non-hydrogen) atoms. The molecule has 0 fully saturated rings. The quantitative estimate of drug-likeness (QED) is 0.886. The van der Waals surface area contributed by atoms with Gasteiger partial charge in [0.25, 0.3) is 5.91 Å². The predicted octanol–water partition coefficient (Wildman–Crippen LogP) is 2.25. The second-order valence-electron chi connectivity index (χ2n) is 4.56. The van der Waals surface area contributed by atoms with Crippen LogP contribution in [0, 0.1) is 5.82 Å². The van der Waals surface area contributed by atoms with Gasteiger partial charge < -0.3 is 10.4 Å². The van der Waals surface area contributed by atoms with E-state index in [9.17, 15) is 19.1 Å². The van der Waals surface area contributed by atoms with Crippen molar-refractivity contribution in [3.05, 3.63) is 71.5 Å². The lowest BCUT2D eigenvalue weighted by atomic mass is 10.1. The minimum Gasteiger partial charge on any atom is -0.480 e. The fraction of sp³-hybridized carbons (Fsp3) is 0.125. The maximum Gasteiger partial charge on any atom is 0.326 e. The molecule has 0 aliphatic heterocycles. The summed E-state index contributed by atoms with van der Waals surface area (Å²) in [6, 6.07) is 12.9. The molecule has 1 unspecified atom stereocenters. The molecule has 0 heterocycles. The van der Waals surface area contributed by atoms with E-state index in [-0.39, 0.29) is 6.42 Å². The van der Waals surface area contributed by atoms with E-state index in [0.29, 0.717) is 11.1 Å². The Morgan fingerprint density at radius 3 is 2.43 bits per heavy atom. The molecule has 0 aromatic heterocycles. The summed E-state index contributed by atoms with van der Waals surface area (Å²) in [4.78, 5) is 23.2. The van der Waals surface area contributed by atoms with Crippen LogP contribution in [-0.4, -0.2) is 23.0 Å². The van der Waals surface area contributed by atoms with E-state index in [2.05, 4.69) is 5.32 Å². The lowest BCUT2D eigenvalue weighted by Crippen LogP contribution is -2.42. The monoisotopic (exact) mass is 287 g/mol. The Morgan fingerprint density at radius 1 is 1.10 bits per heavy atom. The third kappa shape index (κ3) is 4.14. The second-order valence-corrected chi connectivity index (χ2v) is 4.56. The average Bonchev–Trinajstić information content (AvgIpc) is 2.47. The molecule has 0 aliphatic carbocycles. The Bertz CT molecular complexity index is 643. The number of carboxylic acid groups (broad SMARTS) is 1. The molecule has 1 amide bonds. The molecule has 2 rings (SSSR count). The normalized spacial score (nSPS) is 11.7. The second kappa shape index (κ2) is 6.65. The van der Waals surface area contributed by atoms with Crippen molar-refractivity contribution < 1.29 is 19.1 Å². The summed E-state index contributed by atoms with van der Waals surface area (Å²) in [5.74, 6) is -2.08. The fourth-order valence-corrected chi connectivity index (χ4v) is 1.93. The van der Waals surface area contributed by atoms with Crippen LogP contribution in [0.5, 0.6) is 0 Å². The van der Waals surface area contributed by atoms with E-state index in [4.69, 9.17) is 0 Å². The number of carboxylic acids is 1. The summed E-state index contributed by atoms with van der Waals surface area (Å²) in [6.45, 7) is 0. The lowest BCUT2D eigenvalue weighted by molar-refractivity contribution is -0.139. The number of aliphatic carboxylic acids is 1. The first kappa shape index (κ1) is 14.7. The van der Waals surface area contributed by atoms with E-state index in [1.165, 1.54) is 18.2 Å². The Hall–Kier alpha value is -2.69. The number of nitrogens with one attached hydrogen (secondary N) is 1. The number of rotatable bonds is 5. The lowest BCUT2D eigenvalue weighted by Gasteiger charge is -2.14. The van der Waals surface area contributed by atoms with Crippen LogP contribution < -0.4 is 5.32 Å². The Balaban J connectivity index is 2.09. The number of hydrogen-bond acceptors (Lipinski definition) is 2. The first-order valence-electron chi connectivity index (χ1n) is 6.39. The zero-order valence-corrected chi connectivity index (χ0v) is 11.1. The Morgan fingerprint density at radius 2 is 1.81 bits per heavy atom. The van der Waals surface area contributed by atoms with Gasteiger partial charge in [-0.1, -0.05) is 30.3 Å². The molecule has 2 aromatic rings. The van der Waals surface area contributed by atoms with Gasteiger partial charge in [-0.3, -0.25) is 4.79 Å². The minimum atomic E-state index is -1.16. The molecule has 0 aliphatic rings. The highest BCUT2D eigenvalue weighted by molar-refractivity contribution is 5.96. The van der Waals surface area contributed by atoms with Crippen molar-refractivity contribution in [1.82, 2.24) is 5.32 Å². The van der Waals surface area contributed by atoms with Crippen LogP contribution in [0.15, 0.2) is 54.6 Å². The molecule has 0 bridgehead atoms. The van der Waals surface area contributed by atoms with Crippen molar-refractivity contribution in [3.63, 3.8) is 0 Å². The predicted molar refractivity (Wildman–Crippen MR) is 75.4 cm³/mol. The first-order chi connectivity index (χ1) is 10.1. The summed E-state index contributed by atoms with van der Waals surface area (Å²) in [6.07, 6.45) is 0.0195. The van der Waals surface area contributed by atoms with Crippen molar-refractivity contribution in [2.75, 3.05) is 0 Å². The SMILES string of the molecule is O=C(NC(Cc1cccc(F)c1)C(=O)O)c1ccccc1. The van der Waals surface area contributed by atoms with Crippen molar-refractivity contribution in [2.45, 2.75) is 12.5 Å². The van der Waals surface area contributed by atoms with Crippen molar-refractivity contribution in [2.24, 2.45) is 0 Å². The van der Waals surface area contributed by atoms with Gasteiger partial charge in [0.05, 0.1) is 0 Å². The molecule has 0 saturated carbocycles. The number of amides is 1. The highest BCUT2D eigenvalue weighted by Crippen LogP contribution is 2.08. The summed E-state index contributed by atoms with van der Waals surface area (Å²) in [7, 11) is 0. The summed E-state index contributed by atoms with van der Waals surface area (Å²) in [5, 5.41) is 11.6. The zero-order valence-electron chi connectivity index (χ0n) is 11.1. The van der Waals surface area contributed by atoms with Gasteiger partial charge in [-0.05, 0) is 29.8 Å². The largest absolute Gasteiger partial charge is 0.480 e. The van der Waals surface area contributed by atoms with Gasteiger partial charge in [0.15, 0.2) is 0 Å². The molecular formula is C16H14FNO3. The van der Waals surface area contributed by atoms with Gasteiger partial charge in [0, 0.05) is 12.0 Å². The van der Waals surface area contributed by atoms with E-state index < -0.39 is 23.7 Å². The van der Waals surface area contributed by atoms with Crippen LogP contribution in [0.4, 0.5) is 4.39 Å². The summed E-state index contributed by atoms with van der Waals surface area (Å²) >= 11 is 0. The highest BCUT2D eigenvalue weighted by atomic mass is 19.1. The maximum absolute atomic E-state index is 13.1. The van der Waals surface area contributed by atoms with Crippen LogP contribution in [0.25, 0.3) is 0 Å². The van der Waals surface area contributed by atoms with Gasteiger partial charge in [-0.25, -0.2) is 9.18 Å². The molecule has 0 spiro atoms. The van der Waals surface area contributed by atoms with Crippen LogP contribution in [-0.2, 0) is 11.2 Å². The third-order valence-electron chi connectivity index (χ3n) is 2.97. The van der Waals surface area contributed by atoms with Crippen molar-refractivity contribution in [1.29, 1.82) is 0 Å². The highest BCUT2D eigenvalue weighted by Gasteiger charge is 2.21. The maximum atomic E-state index is 13.1. The topological polar surface area (TPSA) is 66.4 Å². The Kier molecular flexibility index (Phi) is 4.66. The van der Waals surface area contributed by atoms with Crippen molar-refractivity contribution in [3.8, 4) is 0 Å². The minimum absolute atomic E-state index is 0.0195. The molecule has 1 atom stereocenters. The van der Waals surface area contributed by atoms with Crippen LogP contribution >= 0.6 is 0 Å². The standard InChI is InChI=1S/C16H14FNO3/c17-13-8-4-5-11(9-13)10-14(16(20)21)18-15(19)12-6-2-1-3-7-12/h1-9,14H,10H2,(H,18,19)(H,20,21). The van der Waals surface area contributed by atoms with Crippen molar-refractivity contribution >= 4 is 11.9 Å². The van der Waals surface area contributed by atoms with E-state index in [1.54, 1.807) is 36.4 Å². The smallest absolute Gasteiger partial charge is 0.326 e. The molecule has 0 saturated heterocycles. The number of hydrogen-bond donors (Lipinski definition) is 2. The van der Waals surface area contributed by atoms with E-state index in [1.807, 2.05) is 0 Å². The number of benzene rings is 2. The molecule has 2 N–H and O–H groups in total. The number of halogens is 1. The van der Waals surface area contributed by atoms with Crippen LogP contribution in [0.1, 0.15) is 15.9 Å². The van der Waals surface area contributed by atoms with Gasteiger partial charge >= 0.3 is 5.97 Å². The van der Waals surface area contributed by atoms with Gasteiger partial charge in [-0.15, -0.1) is 0 Å². The average molecular weight is 287 g/mol. The molecular weight excluding hydrogens is 273 g/mol. The first-order valence-corrected chi connectivity index (χ1v) is 6.39. The summed E-state index contributed by atoms with van der Waals surface area (Å²) in [5.41, 5.74) is 0.888. The van der Waals surface area contributed by atoms with E-state index >= 15 is 0 Å². The third-order valence-corrected chi connectivity index (χ3v) is 2.97. The fourth-order valence-electron chi connectivity index (χ4n) is 1.93. The molecule has 108 valence electrons. The Labute approximate surface area is 121 Å². The van der Waals surface area contributed by atoms with Gasteiger partial charge in [0.1, 0.15) is 11.9 Å². The van der Waals surface area contributed by atoms with E-state index in [0.717, 1.165) is 0 Å². The van der Waals surface area contributed by atoms with Gasteiger partial charge in [0.2, 0.25) is 0 Å². The molecule has 2 aromatic carbocycles. The molecule has 5 heteroatoms. The molecule has 0 radical (unpaired) electrons. The van der Waals surface area contributed by atoms with Crippen LogP contribution in [0.2, 0.25) is 0 Å². The number of carbonyl (C=O) groups excluding carboxylic acids is 1. The molecule has 4 nitrogen and oxygen atoms in total. The zero-order chi connectivity index (χ0) is 15.2. The number of carbonyl (C=O) groups is 2. The van der Waals surface area contributed by atoms with Gasteiger partial charge in [-0.2, -0.15) is 0 Å². The summed E-state index contributed by atoms with van der Waals surface area (Å²) < 4.78 is 13.1. The van der Waals surface area contributed by atoms with Crippen LogP contribution in [0.3, 0.4) is 0 Å².